The average Bonchev–Trinajstić information content (AvgIpc) is 1.69. The van der Waals surface area contributed by atoms with Gasteiger partial charge in [0.15, 0.2) is 0 Å². The second-order valence-electron chi connectivity index (χ2n) is 24.1. The Bertz CT molecular complexity index is 4400. The van der Waals surface area contributed by atoms with Crippen molar-refractivity contribution in [2.45, 2.75) is 51.4 Å². The van der Waals surface area contributed by atoms with Crippen molar-refractivity contribution < 1.29 is 62.6 Å². The molecule has 0 fully saturated rings. The molecule has 11 amide bonds. The molecule has 0 spiro atoms. The van der Waals surface area contributed by atoms with Crippen molar-refractivity contribution in [3.8, 4) is 0 Å². The topological polar surface area (TPSA) is 400 Å². The number of carbonyl (C=O) groups excluding carboxylic acids is 11. The highest BCUT2D eigenvalue weighted by atomic mass is 16.4. The number of carboxylic acid groups (broad SMARTS) is 1. The number of hydrogen-bond donors (Lipinski definition) is 12. The summed E-state index contributed by atoms with van der Waals surface area (Å²) >= 11 is 0. The van der Waals surface area contributed by atoms with E-state index in [-0.39, 0.29) is 103 Å². The van der Waals surface area contributed by atoms with E-state index >= 15 is 0 Å². The third-order valence-electron chi connectivity index (χ3n) is 15.7. The average molecular weight is 1360 g/mol. The van der Waals surface area contributed by atoms with Gasteiger partial charge in [-0.15, -0.1) is 0 Å². The van der Waals surface area contributed by atoms with Gasteiger partial charge in [-0.05, 0) is 94.9 Å². The summed E-state index contributed by atoms with van der Waals surface area (Å²) < 4.78 is 12.3. The van der Waals surface area contributed by atoms with E-state index in [0.717, 1.165) is 13.0 Å². The van der Waals surface area contributed by atoms with Crippen molar-refractivity contribution in [2.24, 2.45) is 56.4 Å². The minimum atomic E-state index is -0.931. The normalized spacial score (nSPS) is 11.0. The molecule has 0 aromatic carbocycles. The molecule has 33 heteroatoms. The largest absolute Gasteiger partial charge is 0.481 e. The SMILES string of the molecule is CN(C)CCCNC(=O)c1cc(NC(=O)c2cc(NC(=O)c3cc(NC(=O)c4cc(NC(=O)CCCNC(=O)c5cc(NC(=O)c6cc(NC(=O)c7cc(NC(=O)c8cc(NC(=O)CCNC(=O)CCCCC(=O)O)cn8C)cn7C)cn6C)cn5C)cn4C)cn3C)cn2C)cn1C. The molecule has 0 aliphatic heterocycles. The molecule has 0 bridgehead atoms. The van der Waals surface area contributed by atoms with E-state index in [2.05, 4.69) is 58.5 Å². The Morgan fingerprint density at radius 2 is 0.535 bits per heavy atom. The van der Waals surface area contributed by atoms with E-state index in [1.807, 2.05) is 19.0 Å². The summed E-state index contributed by atoms with van der Waals surface area (Å²) in [5.41, 5.74) is 4.43. The molecule has 8 heterocycles. The van der Waals surface area contributed by atoms with Crippen LogP contribution in [0.25, 0.3) is 0 Å². The molecule has 8 aromatic rings. The van der Waals surface area contributed by atoms with Crippen LogP contribution in [0.2, 0.25) is 0 Å². The van der Waals surface area contributed by atoms with Crippen LogP contribution in [0.15, 0.2) is 98.1 Å². The molecule has 12 N–H and O–H groups in total. The molecule has 33 nitrogen and oxygen atoms in total. The number of amides is 11. The summed E-state index contributed by atoms with van der Waals surface area (Å²) in [6, 6.07) is 12.0. The van der Waals surface area contributed by atoms with Crippen molar-refractivity contribution >= 4 is 116 Å². The number of hydrogen-bond acceptors (Lipinski definition) is 13. The molecule has 0 saturated heterocycles. The molecule has 0 atom stereocenters. The summed E-state index contributed by atoms with van der Waals surface area (Å²) in [7, 11) is 17.0. The highest BCUT2D eigenvalue weighted by Gasteiger charge is 2.24. The molecule has 524 valence electrons. The van der Waals surface area contributed by atoms with Gasteiger partial charge in [0.2, 0.25) is 17.7 Å². The zero-order chi connectivity index (χ0) is 71.9. The zero-order valence-electron chi connectivity index (χ0n) is 56.6. The summed E-state index contributed by atoms with van der Waals surface area (Å²) in [5, 5.41) is 39.2. The second-order valence-corrected chi connectivity index (χ2v) is 24.1. The van der Waals surface area contributed by atoms with Gasteiger partial charge in [-0.2, -0.15) is 0 Å². The molecule has 0 radical (unpaired) electrons. The van der Waals surface area contributed by atoms with E-state index in [1.54, 1.807) is 121 Å². The van der Waals surface area contributed by atoms with Gasteiger partial charge in [0, 0.05) is 151 Å². The predicted molar refractivity (Wildman–Crippen MR) is 369 cm³/mol. The standard InChI is InChI=1S/C66H82N20O13/c1-78(2)22-14-20-69-60(93)48-26-42(34-80(48)4)73-64(97)52-30-46(38-84(52)8)77-65(98)53-27-43(35-85(53)9)74-61(94)49-23-39(31-81(49)5)70-56(88)16-13-19-68-59(92)47-25-41(33-79(47)3)72-63(96)51-29-45(37-83(51)7)76-66(99)54-28-44(36-86(54)10)75-62(95)50-24-40(32-82(50)6)71-57(89)18-21-67-55(87)15-11-12-17-58(90)91/h23-38H,11-22H2,1-10H3,(H,67,87)(H,68,92)(H,69,93)(H,70,88)(H,71,89)(H,72,96)(H,73,97)(H,74,94)(H,75,95)(H,76,99)(H,77,98)(H,90,91). The number of unbranched alkanes of at least 4 members (excludes halogenated alkanes) is 1. The van der Waals surface area contributed by atoms with Gasteiger partial charge in [-0.25, -0.2) is 0 Å². The lowest BCUT2D eigenvalue weighted by molar-refractivity contribution is -0.137. The van der Waals surface area contributed by atoms with Gasteiger partial charge in [0.05, 0.1) is 45.5 Å². The predicted octanol–water partition coefficient (Wildman–Crippen LogP) is 4.83. The lowest BCUT2D eigenvalue weighted by Crippen LogP contribution is -2.28. The van der Waals surface area contributed by atoms with Crippen LogP contribution in [0, 0.1) is 0 Å². The molecule has 0 unspecified atom stereocenters. The van der Waals surface area contributed by atoms with Gasteiger partial charge in [0.1, 0.15) is 45.6 Å². The smallest absolute Gasteiger partial charge is 0.303 e. The third kappa shape index (κ3) is 19.7. The number of aromatic nitrogens is 8. The van der Waals surface area contributed by atoms with Gasteiger partial charge >= 0.3 is 5.97 Å². The molecule has 8 rings (SSSR count). The van der Waals surface area contributed by atoms with Gasteiger partial charge in [-0.3, -0.25) is 57.5 Å². The van der Waals surface area contributed by atoms with Crippen LogP contribution in [0.5, 0.6) is 0 Å². The van der Waals surface area contributed by atoms with Crippen molar-refractivity contribution in [1.29, 1.82) is 0 Å². The number of nitrogens with zero attached hydrogens (tertiary/aromatic N) is 9. The monoisotopic (exact) mass is 1360 g/mol. The summed E-state index contributed by atoms with van der Waals surface area (Å²) in [4.78, 5) is 157. The number of carbonyl (C=O) groups is 12. The number of aliphatic carboxylic acids is 1. The maximum absolute atomic E-state index is 13.5. The first kappa shape index (κ1) is 72.7. The first-order valence-electron chi connectivity index (χ1n) is 31.5. The summed E-state index contributed by atoms with van der Waals surface area (Å²) in [5.74, 6) is -5.84. The Kier molecular flexibility index (Phi) is 23.9. The van der Waals surface area contributed by atoms with Crippen LogP contribution in [0.3, 0.4) is 0 Å². The van der Waals surface area contributed by atoms with Crippen molar-refractivity contribution in [1.82, 2.24) is 57.4 Å². The lowest BCUT2D eigenvalue weighted by Gasteiger charge is -2.10. The molecular weight excluding hydrogens is 1280 g/mol. The summed E-state index contributed by atoms with van der Waals surface area (Å²) in [6.45, 7) is 1.52. The maximum atomic E-state index is 13.5. The van der Waals surface area contributed by atoms with Crippen LogP contribution >= 0.6 is 0 Å². The highest BCUT2D eigenvalue weighted by molar-refractivity contribution is 6.11. The minimum absolute atomic E-state index is 0.0197. The minimum Gasteiger partial charge on any atom is -0.481 e. The van der Waals surface area contributed by atoms with E-state index in [9.17, 15) is 57.5 Å². The van der Waals surface area contributed by atoms with Crippen molar-refractivity contribution in [3.05, 3.63) is 144 Å². The first-order chi connectivity index (χ1) is 47.0. The van der Waals surface area contributed by atoms with Crippen molar-refractivity contribution in [3.63, 3.8) is 0 Å². The number of aryl methyl sites for hydroxylation is 8. The Morgan fingerprint density at radius 1 is 0.293 bits per heavy atom. The van der Waals surface area contributed by atoms with Gasteiger partial charge in [-0.1, -0.05) is 0 Å². The van der Waals surface area contributed by atoms with Gasteiger partial charge in [0.25, 0.3) is 47.3 Å². The Hall–Kier alpha value is -12.2. The van der Waals surface area contributed by atoms with E-state index in [1.165, 1.54) is 69.9 Å². The molecule has 0 saturated carbocycles. The summed E-state index contributed by atoms with van der Waals surface area (Å²) in [6.07, 6.45) is 14.5. The molecule has 99 heavy (non-hydrogen) atoms. The quantitative estimate of drug-likeness (QED) is 0.0252. The number of nitrogens with one attached hydrogen (secondary N) is 11. The fraction of sp³-hybridized carbons (Fsp3) is 0.333. The molecule has 0 aliphatic rings. The van der Waals surface area contributed by atoms with Gasteiger partial charge < -0.3 is 105 Å². The fourth-order valence-electron chi connectivity index (χ4n) is 10.7. The van der Waals surface area contributed by atoms with Crippen LogP contribution in [0.1, 0.15) is 135 Å². The third-order valence-corrected chi connectivity index (χ3v) is 15.7. The Balaban J connectivity index is 0.739. The molecule has 8 aromatic heterocycles. The second kappa shape index (κ2) is 32.5. The van der Waals surface area contributed by atoms with Crippen LogP contribution in [0.4, 0.5) is 45.5 Å². The fourth-order valence-corrected chi connectivity index (χ4v) is 10.7. The van der Waals surface area contributed by atoms with E-state index < -0.39 is 53.2 Å². The Labute approximate surface area is 568 Å². The first-order valence-corrected chi connectivity index (χ1v) is 31.5. The Morgan fingerprint density at radius 3 is 0.818 bits per heavy atom. The van der Waals surface area contributed by atoms with E-state index in [0.29, 0.717) is 70.6 Å². The number of carboxylic acids is 1. The number of anilines is 8. The van der Waals surface area contributed by atoms with Crippen molar-refractivity contribution in [2.75, 3.05) is 82.8 Å². The highest BCUT2D eigenvalue weighted by Crippen LogP contribution is 2.25. The zero-order valence-corrected chi connectivity index (χ0v) is 56.6. The lowest BCUT2D eigenvalue weighted by atomic mass is 10.2. The van der Waals surface area contributed by atoms with Crippen LogP contribution < -0.4 is 58.5 Å². The van der Waals surface area contributed by atoms with Crippen LogP contribution in [-0.4, -0.2) is 158 Å². The maximum Gasteiger partial charge on any atom is 0.303 e. The molecular formula is C66H82N20O13. The molecule has 0 aliphatic carbocycles. The number of rotatable bonds is 32. The van der Waals surface area contributed by atoms with Crippen LogP contribution in [-0.2, 0) is 75.6 Å². The van der Waals surface area contributed by atoms with E-state index in [4.69, 9.17) is 5.11 Å².